The molecule has 7 heteroatoms. The van der Waals surface area contributed by atoms with Crippen molar-refractivity contribution in [1.82, 2.24) is 9.97 Å². The molecule has 0 radical (unpaired) electrons. The van der Waals surface area contributed by atoms with E-state index in [1.165, 1.54) is 30.3 Å². The van der Waals surface area contributed by atoms with Gasteiger partial charge in [-0.3, -0.25) is 4.79 Å². The van der Waals surface area contributed by atoms with Gasteiger partial charge in [0.25, 0.3) is 5.91 Å². The third kappa shape index (κ3) is 2.68. The smallest absolute Gasteiger partial charge is 0.257 e. The van der Waals surface area contributed by atoms with Crippen molar-refractivity contribution in [2.45, 2.75) is 0 Å². The van der Waals surface area contributed by atoms with E-state index in [0.29, 0.717) is 21.5 Å². The van der Waals surface area contributed by atoms with E-state index in [1.807, 2.05) is 0 Å². The summed E-state index contributed by atoms with van der Waals surface area (Å²) in [5, 5.41) is 2.57. The van der Waals surface area contributed by atoms with Crippen molar-refractivity contribution in [3.05, 3.63) is 58.4 Å². The van der Waals surface area contributed by atoms with Gasteiger partial charge in [-0.1, -0.05) is 0 Å². The van der Waals surface area contributed by atoms with Crippen LogP contribution in [0.4, 0.5) is 14.5 Å². The molecule has 106 valence electrons. The number of carbonyl (C=O) groups is 1. The second kappa shape index (κ2) is 5.10. The highest BCUT2D eigenvalue weighted by Crippen LogP contribution is 2.19. The molecule has 2 aromatic carbocycles. The molecule has 1 amide bonds. The fourth-order valence-electron chi connectivity index (χ4n) is 2.02. The van der Waals surface area contributed by atoms with Crippen molar-refractivity contribution in [2.75, 3.05) is 5.32 Å². The van der Waals surface area contributed by atoms with Crippen LogP contribution in [-0.4, -0.2) is 15.9 Å². The molecule has 1 aromatic heterocycles. The SMILES string of the molecule is O=C(Nc1ccc(F)cc1)c1cc(F)cc2[nH]c(=S)[nH]c12. The summed E-state index contributed by atoms with van der Waals surface area (Å²) >= 11 is 4.94. The number of aromatic nitrogens is 2. The van der Waals surface area contributed by atoms with Gasteiger partial charge in [-0.05, 0) is 48.6 Å². The van der Waals surface area contributed by atoms with Crippen LogP contribution in [-0.2, 0) is 0 Å². The Kier molecular flexibility index (Phi) is 3.26. The van der Waals surface area contributed by atoms with Gasteiger partial charge in [0.2, 0.25) is 0 Å². The summed E-state index contributed by atoms with van der Waals surface area (Å²) in [5.41, 5.74) is 1.35. The lowest BCUT2D eigenvalue weighted by Gasteiger charge is -2.06. The third-order valence-corrected chi connectivity index (χ3v) is 3.14. The minimum absolute atomic E-state index is 0.113. The lowest BCUT2D eigenvalue weighted by atomic mass is 10.1. The Bertz CT molecular complexity index is 883. The zero-order valence-electron chi connectivity index (χ0n) is 10.5. The molecule has 4 nitrogen and oxygen atoms in total. The van der Waals surface area contributed by atoms with E-state index in [2.05, 4.69) is 15.3 Å². The first-order valence-corrected chi connectivity index (χ1v) is 6.42. The Morgan fingerprint density at radius 1 is 1.05 bits per heavy atom. The Morgan fingerprint density at radius 2 is 1.76 bits per heavy atom. The first-order chi connectivity index (χ1) is 10.0. The molecule has 0 spiro atoms. The Balaban J connectivity index is 2.01. The summed E-state index contributed by atoms with van der Waals surface area (Å²) in [7, 11) is 0. The van der Waals surface area contributed by atoms with Gasteiger partial charge in [0, 0.05) is 5.69 Å². The van der Waals surface area contributed by atoms with E-state index < -0.39 is 17.5 Å². The van der Waals surface area contributed by atoms with Crippen LogP contribution < -0.4 is 5.32 Å². The van der Waals surface area contributed by atoms with Crippen molar-refractivity contribution < 1.29 is 13.6 Å². The van der Waals surface area contributed by atoms with Gasteiger partial charge in [-0.15, -0.1) is 0 Å². The number of rotatable bonds is 2. The highest BCUT2D eigenvalue weighted by atomic mass is 32.1. The fourth-order valence-corrected chi connectivity index (χ4v) is 2.23. The van der Waals surface area contributed by atoms with Gasteiger partial charge in [0.05, 0.1) is 16.6 Å². The molecule has 0 aliphatic carbocycles. The van der Waals surface area contributed by atoms with Crippen molar-refractivity contribution in [3.63, 3.8) is 0 Å². The standard InChI is InChI=1S/C14H9F2N3OS/c15-7-1-3-9(4-2-7)17-13(20)10-5-8(16)6-11-12(10)19-14(21)18-11/h1-6H,(H,17,20)(H2,18,19,21). The van der Waals surface area contributed by atoms with E-state index in [9.17, 15) is 13.6 Å². The molecule has 0 saturated heterocycles. The number of amides is 1. The molecule has 1 heterocycles. The Hall–Kier alpha value is -2.54. The van der Waals surface area contributed by atoms with Gasteiger partial charge in [-0.25, -0.2) is 8.78 Å². The molecule has 0 bridgehead atoms. The number of H-pyrrole nitrogens is 2. The fraction of sp³-hybridized carbons (Fsp3) is 0. The maximum absolute atomic E-state index is 13.6. The molecular weight excluding hydrogens is 296 g/mol. The molecule has 0 atom stereocenters. The number of aromatic amines is 2. The maximum Gasteiger partial charge on any atom is 0.257 e. The van der Waals surface area contributed by atoms with Crippen molar-refractivity contribution in [2.24, 2.45) is 0 Å². The van der Waals surface area contributed by atoms with Crippen molar-refractivity contribution >= 4 is 34.8 Å². The van der Waals surface area contributed by atoms with Crippen molar-refractivity contribution in [1.29, 1.82) is 0 Å². The molecule has 3 aromatic rings. The normalized spacial score (nSPS) is 10.8. The van der Waals surface area contributed by atoms with Crippen LogP contribution in [0.3, 0.4) is 0 Å². The second-order valence-electron chi connectivity index (χ2n) is 4.42. The van der Waals surface area contributed by atoms with Crippen LogP contribution >= 0.6 is 12.2 Å². The molecule has 0 aliphatic rings. The van der Waals surface area contributed by atoms with Gasteiger partial charge in [-0.2, -0.15) is 0 Å². The highest BCUT2D eigenvalue weighted by Gasteiger charge is 2.14. The molecule has 0 aliphatic heterocycles. The van der Waals surface area contributed by atoms with Gasteiger partial charge in [0.1, 0.15) is 11.6 Å². The van der Waals surface area contributed by atoms with Gasteiger partial charge < -0.3 is 15.3 Å². The summed E-state index contributed by atoms with van der Waals surface area (Å²) in [4.78, 5) is 17.8. The van der Waals surface area contributed by atoms with Crippen LogP contribution in [0.5, 0.6) is 0 Å². The van der Waals surface area contributed by atoms with E-state index in [1.54, 1.807) is 0 Å². The minimum Gasteiger partial charge on any atom is -0.331 e. The number of carbonyl (C=O) groups excluding carboxylic acids is 1. The van der Waals surface area contributed by atoms with E-state index in [-0.39, 0.29) is 5.56 Å². The maximum atomic E-state index is 13.6. The van der Waals surface area contributed by atoms with Crippen LogP contribution in [0.1, 0.15) is 10.4 Å². The average Bonchev–Trinajstić information content (AvgIpc) is 2.80. The van der Waals surface area contributed by atoms with Gasteiger partial charge >= 0.3 is 0 Å². The average molecular weight is 305 g/mol. The van der Waals surface area contributed by atoms with Crippen LogP contribution in [0.15, 0.2) is 36.4 Å². The van der Waals surface area contributed by atoms with Gasteiger partial charge in [0.15, 0.2) is 4.77 Å². The number of halogens is 2. The summed E-state index contributed by atoms with van der Waals surface area (Å²) in [6, 6.07) is 7.64. The van der Waals surface area contributed by atoms with E-state index in [0.717, 1.165) is 6.07 Å². The number of anilines is 1. The molecule has 21 heavy (non-hydrogen) atoms. The minimum atomic E-state index is -0.558. The summed E-state index contributed by atoms with van der Waals surface area (Å²) in [6.07, 6.45) is 0. The lowest BCUT2D eigenvalue weighted by Crippen LogP contribution is -2.12. The summed E-state index contributed by atoms with van der Waals surface area (Å²) < 4.78 is 26.7. The predicted octanol–water partition coefficient (Wildman–Crippen LogP) is 3.76. The first kappa shape index (κ1) is 13.4. The van der Waals surface area contributed by atoms with Crippen LogP contribution in [0.25, 0.3) is 11.0 Å². The number of hydrogen-bond acceptors (Lipinski definition) is 2. The Morgan fingerprint density at radius 3 is 2.48 bits per heavy atom. The van der Waals surface area contributed by atoms with Crippen molar-refractivity contribution in [3.8, 4) is 0 Å². The quantitative estimate of drug-likeness (QED) is 0.631. The highest BCUT2D eigenvalue weighted by molar-refractivity contribution is 7.71. The monoisotopic (exact) mass is 305 g/mol. The number of fused-ring (bicyclic) bond motifs is 1. The zero-order chi connectivity index (χ0) is 15.0. The van der Waals surface area contributed by atoms with Crippen LogP contribution in [0.2, 0.25) is 0 Å². The third-order valence-electron chi connectivity index (χ3n) is 2.94. The number of benzene rings is 2. The molecule has 0 fully saturated rings. The molecule has 3 rings (SSSR count). The van der Waals surface area contributed by atoms with E-state index >= 15 is 0 Å². The Labute approximate surface area is 122 Å². The second-order valence-corrected chi connectivity index (χ2v) is 4.82. The topological polar surface area (TPSA) is 60.7 Å². The van der Waals surface area contributed by atoms with E-state index in [4.69, 9.17) is 12.2 Å². The first-order valence-electron chi connectivity index (χ1n) is 6.01. The summed E-state index contributed by atoms with van der Waals surface area (Å²) in [6.45, 7) is 0. The molecule has 0 saturated carbocycles. The number of hydrogen-bond donors (Lipinski definition) is 3. The summed E-state index contributed by atoms with van der Waals surface area (Å²) in [5.74, 6) is -1.48. The number of nitrogens with one attached hydrogen (secondary N) is 3. The number of imidazole rings is 1. The molecule has 3 N–H and O–H groups in total. The molecular formula is C14H9F2N3OS. The zero-order valence-corrected chi connectivity index (χ0v) is 11.4. The largest absolute Gasteiger partial charge is 0.331 e. The molecule has 0 unspecified atom stereocenters. The van der Waals surface area contributed by atoms with Crippen LogP contribution in [0, 0.1) is 16.4 Å². The predicted molar refractivity (Wildman–Crippen MR) is 77.8 cm³/mol. The lowest BCUT2D eigenvalue weighted by molar-refractivity contribution is 0.102.